The Morgan fingerprint density at radius 1 is 1.56 bits per heavy atom. The third-order valence-corrected chi connectivity index (χ3v) is 1.19. The lowest BCUT2D eigenvalue weighted by atomic mass is 10.7. The first-order chi connectivity index (χ1) is 3.83. The maximum Gasteiger partial charge on any atom is 0.243 e. The van der Waals surface area contributed by atoms with Gasteiger partial charge in [0.2, 0.25) is 6.33 Å². The van der Waals surface area contributed by atoms with Gasteiger partial charge < -0.3 is 0 Å². The first-order valence-electron chi connectivity index (χ1n) is 2.84. The standard InChI is InChI=1S/C6H11N2.BrH/c1-3-8-5-4-7(2)6-8;/h4-6H,3H2,1-2H3;1H/q+1;. The Morgan fingerprint density at radius 3 is 2.44 bits per heavy atom. The summed E-state index contributed by atoms with van der Waals surface area (Å²) in [7, 11) is 2.02. The number of imidazole rings is 1. The van der Waals surface area contributed by atoms with E-state index in [1.54, 1.807) is 0 Å². The summed E-state index contributed by atoms with van der Waals surface area (Å²) >= 11 is 0. The molecule has 0 saturated heterocycles. The molecule has 1 rings (SSSR count). The second kappa shape index (κ2) is 3.67. The lowest BCUT2D eigenvalue weighted by molar-refractivity contribution is -0.693. The van der Waals surface area contributed by atoms with Crippen molar-refractivity contribution in [2.45, 2.75) is 13.5 Å². The molecule has 0 fully saturated rings. The summed E-state index contributed by atoms with van der Waals surface area (Å²) < 4.78 is 4.16. The van der Waals surface area contributed by atoms with Crippen LogP contribution in [-0.2, 0) is 13.6 Å². The van der Waals surface area contributed by atoms with E-state index >= 15 is 0 Å². The number of hydrogen-bond acceptors (Lipinski definition) is 0. The summed E-state index contributed by atoms with van der Waals surface area (Å²) in [5.74, 6) is 0. The van der Waals surface area contributed by atoms with Crippen LogP contribution < -0.4 is 4.57 Å². The molecule has 52 valence electrons. The average molecular weight is 192 g/mol. The first kappa shape index (κ1) is 8.69. The van der Waals surface area contributed by atoms with Crippen molar-refractivity contribution in [3.05, 3.63) is 18.7 Å². The van der Waals surface area contributed by atoms with Crippen LogP contribution in [0.3, 0.4) is 0 Å². The maximum atomic E-state index is 2.12. The molecule has 0 N–H and O–H groups in total. The van der Waals surface area contributed by atoms with Gasteiger partial charge in [0.15, 0.2) is 0 Å². The summed E-state index contributed by atoms with van der Waals surface area (Å²) in [6, 6.07) is 0. The number of hydrogen-bond donors (Lipinski definition) is 0. The van der Waals surface area contributed by atoms with Gasteiger partial charge in [-0.1, -0.05) is 0 Å². The molecule has 0 aliphatic heterocycles. The molecule has 1 aromatic heterocycles. The van der Waals surface area contributed by atoms with Crippen LogP contribution in [-0.4, -0.2) is 4.57 Å². The quantitative estimate of drug-likeness (QED) is 0.585. The van der Waals surface area contributed by atoms with Crippen molar-refractivity contribution < 1.29 is 4.57 Å². The molecule has 1 heterocycles. The molecule has 0 atom stereocenters. The molecular weight excluding hydrogens is 180 g/mol. The van der Waals surface area contributed by atoms with E-state index in [0.717, 1.165) is 6.54 Å². The van der Waals surface area contributed by atoms with Crippen molar-refractivity contribution in [1.29, 1.82) is 0 Å². The molecule has 0 radical (unpaired) electrons. The number of nitrogens with zero attached hydrogens (tertiary/aromatic N) is 2. The topological polar surface area (TPSA) is 8.81 Å². The highest BCUT2D eigenvalue weighted by molar-refractivity contribution is 8.93. The van der Waals surface area contributed by atoms with Gasteiger partial charge in [-0.15, -0.1) is 17.0 Å². The Bertz CT molecular complexity index is 171. The monoisotopic (exact) mass is 191 g/mol. The van der Waals surface area contributed by atoms with E-state index in [1.807, 2.05) is 17.8 Å². The van der Waals surface area contributed by atoms with Crippen molar-refractivity contribution >= 4 is 17.0 Å². The highest BCUT2D eigenvalue weighted by Crippen LogP contribution is 1.74. The smallest absolute Gasteiger partial charge is 0.240 e. The zero-order chi connectivity index (χ0) is 5.98. The Morgan fingerprint density at radius 2 is 2.22 bits per heavy atom. The summed E-state index contributed by atoms with van der Waals surface area (Å²) in [6.45, 7) is 3.18. The van der Waals surface area contributed by atoms with E-state index in [4.69, 9.17) is 0 Å². The molecule has 0 unspecified atom stereocenters. The van der Waals surface area contributed by atoms with Crippen molar-refractivity contribution in [2.75, 3.05) is 0 Å². The third-order valence-electron chi connectivity index (χ3n) is 1.19. The van der Waals surface area contributed by atoms with Gasteiger partial charge in [0.05, 0.1) is 13.6 Å². The number of rotatable bonds is 1. The molecular formula is C6H12BrN2+. The zero-order valence-corrected chi connectivity index (χ0v) is 7.45. The lowest BCUT2D eigenvalue weighted by Crippen LogP contribution is -2.28. The molecule has 0 bridgehead atoms. The van der Waals surface area contributed by atoms with Gasteiger partial charge in [0.25, 0.3) is 0 Å². The average Bonchev–Trinajstić information content (AvgIpc) is 2.14. The van der Waals surface area contributed by atoms with Crippen molar-refractivity contribution in [3.63, 3.8) is 0 Å². The first-order valence-corrected chi connectivity index (χ1v) is 2.84. The van der Waals surface area contributed by atoms with Gasteiger partial charge in [-0.25, -0.2) is 9.13 Å². The van der Waals surface area contributed by atoms with Crippen LogP contribution in [0.4, 0.5) is 0 Å². The van der Waals surface area contributed by atoms with Crippen LogP contribution in [0.5, 0.6) is 0 Å². The molecule has 0 aliphatic rings. The van der Waals surface area contributed by atoms with E-state index in [0.29, 0.717) is 0 Å². The minimum Gasteiger partial charge on any atom is -0.240 e. The van der Waals surface area contributed by atoms with E-state index in [-0.39, 0.29) is 17.0 Å². The van der Waals surface area contributed by atoms with Crippen LogP contribution in [0.15, 0.2) is 18.7 Å². The molecule has 0 spiro atoms. The second-order valence-electron chi connectivity index (χ2n) is 1.91. The Labute approximate surface area is 65.9 Å². The van der Waals surface area contributed by atoms with Crippen LogP contribution in [0.25, 0.3) is 0 Å². The van der Waals surface area contributed by atoms with Gasteiger partial charge in [0.1, 0.15) is 12.4 Å². The molecule has 0 aromatic carbocycles. The van der Waals surface area contributed by atoms with Gasteiger partial charge in [0, 0.05) is 0 Å². The van der Waals surface area contributed by atoms with Gasteiger partial charge in [-0.05, 0) is 6.92 Å². The predicted octanol–water partition coefficient (Wildman–Crippen LogP) is 0.910. The highest BCUT2D eigenvalue weighted by Gasteiger charge is 1.92. The van der Waals surface area contributed by atoms with Gasteiger partial charge in [-0.3, -0.25) is 0 Å². The Kier molecular flexibility index (Phi) is 3.54. The van der Waals surface area contributed by atoms with Crippen LogP contribution >= 0.6 is 17.0 Å². The van der Waals surface area contributed by atoms with Crippen LogP contribution in [0, 0.1) is 0 Å². The lowest BCUT2D eigenvalue weighted by Gasteiger charge is -1.81. The molecule has 0 aliphatic carbocycles. The molecule has 3 heteroatoms. The zero-order valence-electron chi connectivity index (χ0n) is 5.74. The molecule has 1 aromatic rings. The Hall–Kier alpha value is -0.310. The second-order valence-corrected chi connectivity index (χ2v) is 1.91. The highest BCUT2D eigenvalue weighted by atomic mass is 79.9. The number of halogens is 1. The minimum absolute atomic E-state index is 0. The van der Waals surface area contributed by atoms with E-state index in [9.17, 15) is 0 Å². The van der Waals surface area contributed by atoms with E-state index in [1.165, 1.54) is 0 Å². The molecule has 0 saturated carbocycles. The van der Waals surface area contributed by atoms with Gasteiger partial charge in [-0.2, -0.15) is 0 Å². The summed E-state index contributed by atoms with van der Waals surface area (Å²) in [5, 5.41) is 0. The van der Waals surface area contributed by atoms with Crippen molar-refractivity contribution in [2.24, 2.45) is 7.05 Å². The van der Waals surface area contributed by atoms with Crippen molar-refractivity contribution in [3.8, 4) is 0 Å². The molecule has 9 heavy (non-hydrogen) atoms. The van der Waals surface area contributed by atoms with E-state index in [2.05, 4.69) is 24.0 Å². The Balaban J connectivity index is 0.000000640. The number of aromatic nitrogens is 2. The van der Waals surface area contributed by atoms with E-state index < -0.39 is 0 Å². The summed E-state index contributed by atoms with van der Waals surface area (Å²) in [6.07, 6.45) is 6.14. The maximum absolute atomic E-state index is 2.12. The normalized spacial score (nSPS) is 8.67. The van der Waals surface area contributed by atoms with Crippen LogP contribution in [0.2, 0.25) is 0 Å². The van der Waals surface area contributed by atoms with Gasteiger partial charge >= 0.3 is 0 Å². The molecule has 0 amide bonds. The third kappa shape index (κ3) is 2.18. The fraction of sp³-hybridized carbons (Fsp3) is 0.500. The largest absolute Gasteiger partial charge is 0.243 e. The number of aryl methyl sites for hydroxylation is 2. The fourth-order valence-electron chi connectivity index (χ4n) is 0.689. The molecule has 2 nitrogen and oxygen atoms in total. The SMILES string of the molecule is Br.CC[n+]1ccn(C)c1. The summed E-state index contributed by atoms with van der Waals surface area (Å²) in [4.78, 5) is 0. The minimum atomic E-state index is 0. The summed E-state index contributed by atoms with van der Waals surface area (Å²) in [5.41, 5.74) is 0. The van der Waals surface area contributed by atoms with Crippen LogP contribution in [0.1, 0.15) is 6.92 Å². The fourth-order valence-corrected chi connectivity index (χ4v) is 0.689. The van der Waals surface area contributed by atoms with Crippen molar-refractivity contribution in [1.82, 2.24) is 4.57 Å². The predicted molar refractivity (Wildman–Crippen MR) is 41.6 cm³/mol.